The highest BCUT2D eigenvalue weighted by molar-refractivity contribution is 5.37. The van der Waals surface area contributed by atoms with E-state index < -0.39 is 0 Å². The Balaban J connectivity index is 1.97. The van der Waals surface area contributed by atoms with Gasteiger partial charge in [-0.2, -0.15) is 5.10 Å². The monoisotopic (exact) mass is 229 g/mol. The van der Waals surface area contributed by atoms with Crippen molar-refractivity contribution in [3.05, 3.63) is 52.8 Å². The number of rotatable bonds is 2. The third-order valence-corrected chi connectivity index (χ3v) is 3.28. The van der Waals surface area contributed by atoms with Crippen molar-refractivity contribution in [1.29, 1.82) is 0 Å². The minimum absolute atomic E-state index is 0.131. The fourth-order valence-electron chi connectivity index (χ4n) is 2.25. The SMILES string of the molecule is Cn1nccc1C(N)c1ccc2c(c1)COC2. The molecule has 0 fully saturated rings. The molecule has 2 aromatic rings. The van der Waals surface area contributed by atoms with Crippen LogP contribution in [0, 0.1) is 0 Å². The fraction of sp³-hybridized carbons (Fsp3) is 0.308. The van der Waals surface area contributed by atoms with Gasteiger partial charge < -0.3 is 10.5 Å². The molecule has 2 heterocycles. The zero-order chi connectivity index (χ0) is 11.8. The van der Waals surface area contributed by atoms with E-state index in [1.54, 1.807) is 6.20 Å². The van der Waals surface area contributed by atoms with Crippen molar-refractivity contribution in [1.82, 2.24) is 9.78 Å². The van der Waals surface area contributed by atoms with E-state index in [4.69, 9.17) is 10.5 Å². The summed E-state index contributed by atoms with van der Waals surface area (Å²) in [6.07, 6.45) is 1.77. The smallest absolute Gasteiger partial charge is 0.0725 e. The molecule has 1 aromatic carbocycles. The maximum Gasteiger partial charge on any atom is 0.0725 e. The van der Waals surface area contributed by atoms with E-state index in [0.29, 0.717) is 6.61 Å². The quantitative estimate of drug-likeness (QED) is 0.849. The Hall–Kier alpha value is -1.65. The minimum atomic E-state index is -0.131. The number of nitrogens with zero attached hydrogens (tertiary/aromatic N) is 2. The summed E-state index contributed by atoms with van der Waals surface area (Å²) in [5.41, 5.74) is 10.9. The van der Waals surface area contributed by atoms with Crippen molar-refractivity contribution < 1.29 is 4.74 Å². The van der Waals surface area contributed by atoms with Gasteiger partial charge in [-0.1, -0.05) is 18.2 Å². The second kappa shape index (κ2) is 3.98. The third kappa shape index (κ3) is 1.75. The van der Waals surface area contributed by atoms with E-state index >= 15 is 0 Å². The number of hydrogen-bond donors (Lipinski definition) is 1. The molecule has 2 N–H and O–H groups in total. The first-order valence-corrected chi connectivity index (χ1v) is 5.68. The van der Waals surface area contributed by atoms with Crippen LogP contribution in [-0.4, -0.2) is 9.78 Å². The predicted molar refractivity (Wildman–Crippen MR) is 64.2 cm³/mol. The van der Waals surface area contributed by atoms with Gasteiger partial charge in [0.15, 0.2) is 0 Å². The van der Waals surface area contributed by atoms with Gasteiger partial charge >= 0.3 is 0 Å². The first-order chi connectivity index (χ1) is 8.25. The third-order valence-electron chi connectivity index (χ3n) is 3.28. The Bertz CT molecular complexity index is 547. The van der Waals surface area contributed by atoms with Gasteiger partial charge in [-0.05, 0) is 22.8 Å². The molecule has 0 saturated carbocycles. The van der Waals surface area contributed by atoms with Gasteiger partial charge in [0.05, 0.1) is 24.9 Å². The van der Waals surface area contributed by atoms with E-state index in [-0.39, 0.29) is 6.04 Å². The molecule has 88 valence electrons. The molecule has 1 aliphatic heterocycles. The van der Waals surface area contributed by atoms with Crippen molar-refractivity contribution in [2.45, 2.75) is 19.3 Å². The fourth-order valence-corrected chi connectivity index (χ4v) is 2.25. The van der Waals surface area contributed by atoms with Crippen molar-refractivity contribution in [2.75, 3.05) is 0 Å². The zero-order valence-electron chi connectivity index (χ0n) is 9.76. The van der Waals surface area contributed by atoms with Crippen LogP contribution in [0.5, 0.6) is 0 Å². The van der Waals surface area contributed by atoms with Crippen LogP contribution in [0.1, 0.15) is 28.4 Å². The van der Waals surface area contributed by atoms with Gasteiger partial charge in [-0.3, -0.25) is 4.68 Å². The summed E-state index contributed by atoms with van der Waals surface area (Å²) in [5.74, 6) is 0. The Morgan fingerprint density at radius 1 is 1.29 bits per heavy atom. The molecule has 0 saturated heterocycles. The van der Waals surface area contributed by atoms with Crippen LogP contribution in [0.15, 0.2) is 30.5 Å². The lowest BCUT2D eigenvalue weighted by Crippen LogP contribution is -2.16. The molecule has 0 radical (unpaired) electrons. The van der Waals surface area contributed by atoms with E-state index in [1.165, 1.54) is 11.1 Å². The molecule has 1 aromatic heterocycles. The van der Waals surface area contributed by atoms with Crippen LogP contribution < -0.4 is 5.73 Å². The van der Waals surface area contributed by atoms with Crippen LogP contribution in [0.3, 0.4) is 0 Å². The lowest BCUT2D eigenvalue weighted by atomic mass is 10.00. The molecule has 0 aliphatic carbocycles. The highest BCUT2D eigenvalue weighted by atomic mass is 16.5. The summed E-state index contributed by atoms with van der Waals surface area (Å²) in [6.45, 7) is 1.41. The second-order valence-corrected chi connectivity index (χ2v) is 4.38. The van der Waals surface area contributed by atoms with E-state index in [2.05, 4.69) is 23.3 Å². The van der Waals surface area contributed by atoms with Gasteiger partial charge in [0, 0.05) is 13.2 Å². The molecular formula is C13H15N3O. The molecule has 4 nitrogen and oxygen atoms in total. The summed E-state index contributed by atoms with van der Waals surface area (Å²) in [7, 11) is 1.91. The van der Waals surface area contributed by atoms with E-state index in [1.807, 2.05) is 17.8 Å². The van der Waals surface area contributed by atoms with Crippen molar-refractivity contribution in [3.63, 3.8) is 0 Å². The summed E-state index contributed by atoms with van der Waals surface area (Å²) >= 11 is 0. The summed E-state index contributed by atoms with van der Waals surface area (Å²) in [4.78, 5) is 0. The highest BCUT2D eigenvalue weighted by Gasteiger charge is 2.16. The molecule has 0 amide bonds. The number of nitrogens with two attached hydrogens (primary N) is 1. The molecule has 3 rings (SSSR count). The van der Waals surface area contributed by atoms with Crippen LogP contribution >= 0.6 is 0 Å². The van der Waals surface area contributed by atoms with Crippen molar-refractivity contribution in [2.24, 2.45) is 12.8 Å². The largest absolute Gasteiger partial charge is 0.372 e. The van der Waals surface area contributed by atoms with Crippen molar-refractivity contribution in [3.8, 4) is 0 Å². The maximum absolute atomic E-state index is 6.25. The molecule has 1 aliphatic rings. The average Bonchev–Trinajstić information content (AvgIpc) is 2.95. The summed E-state index contributed by atoms with van der Waals surface area (Å²) in [6, 6.07) is 8.14. The van der Waals surface area contributed by atoms with Gasteiger partial charge in [0.1, 0.15) is 0 Å². The second-order valence-electron chi connectivity index (χ2n) is 4.38. The Labute approximate surface area is 100 Å². The molecule has 4 heteroatoms. The standard InChI is InChI=1S/C13H15N3O/c1-16-12(4-5-15-16)13(14)9-2-3-10-7-17-8-11(10)6-9/h2-6,13H,7-8,14H2,1H3. The number of benzene rings is 1. The topological polar surface area (TPSA) is 53.1 Å². The minimum Gasteiger partial charge on any atom is -0.372 e. The van der Waals surface area contributed by atoms with Gasteiger partial charge in [-0.25, -0.2) is 0 Å². The number of hydrogen-bond acceptors (Lipinski definition) is 3. The molecule has 0 bridgehead atoms. The molecule has 1 atom stereocenters. The molecule has 1 unspecified atom stereocenters. The molecular weight excluding hydrogens is 214 g/mol. The van der Waals surface area contributed by atoms with Gasteiger partial charge in [-0.15, -0.1) is 0 Å². The number of aryl methyl sites for hydroxylation is 1. The lowest BCUT2D eigenvalue weighted by Gasteiger charge is -2.13. The van der Waals surface area contributed by atoms with Crippen molar-refractivity contribution >= 4 is 0 Å². The van der Waals surface area contributed by atoms with Crippen LogP contribution in [-0.2, 0) is 25.0 Å². The lowest BCUT2D eigenvalue weighted by molar-refractivity contribution is 0.134. The first kappa shape index (κ1) is 10.5. The Morgan fingerprint density at radius 2 is 2.12 bits per heavy atom. The Morgan fingerprint density at radius 3 is 2.88 bits per heavy atom. The first-order valence-electron chi connectivity index (χ1n) is 5.68. The van der Waals surface area contributed by atoms with Crippen LogP contribution in [0.25, 0.3) is 0 Å². The molecule has 17 heavy (non-hydrogen) atoms. The highest BCUT2D eigenvalue weighted by Crippen LogP contribution is 2.25. The maximum atomic E-state index is 6.25. The van der Waals surface area contributed by atoms with E-state index in [0.717, 1.165) is 17.9 Å². The van der Waals surface area contributed by atoms with Gasteiger partial charge in [0.2, 0.25) is 0 Å². The average molecular weight is 229 g/mol. The summed E-state index contributed by atoms with van der Waals surface area (Å²) in [5, 5.41) is 4.15. The number of ether oxygens (including phenoxy) is 1. The zero-order valence-corrected chi connectivity index (χ0v) is 9.76. The molecule has 0 spiro atoms. The Kier molecular flexibility index (Phi) is 2.46. The number of fused-ring (bicyclic) bond motifs is 1. The van der Waals surface area contributed by atoms with Gasteiger partial charge in [0.25, 0.3) is 0 Å². The predicted octanol–water partition coefficient (Wildman–Crippen LogP) is 1.50. The van der Waals surface area contributed by atoms with Crippen LogP contribution in [0.2, 0.25) is 0 Å². The number of aromatic nitrogens is 2. The van der Waals surface area contributed by atoms with Crippen LogP contribution in [0.4, 0.5) is 0 Å². The van der Waals surface area contributed by atoms with E-state index in [9.17, 15) is 0 Å². The summed E-state index contributed by atoms with van der Waals surface area (Å²) < 4.78 is 7.22. The normalized spacial score (nSPS) is 15.9.